The van der Waals surface area contributed by atoms with Crippen molar-refractivity contribution in [2.75, 3.05) is 21.2 Å². The van der Waals surface area contributed by atoms with Crippen molar-refractivity contribution in [3.63, 3.8) is 0 Å². The van der Waals surface area contributed by atoms with E-state index in [2.05, 4.69) is 0 Å². The number of aromatic hydroxyl groups is 1. The Hall–Kier alpha value is -4.15. The number of aliphatic hydroxyl groups is 3. The standard InChI is InChI=1S/C29H28N2O8/c1-31(2)23-17-10-16-15-9-11-8-12(39-3)4-5-13(11)14-6-7-18(32)21(19(14)15)24(33)20(16)26(35)29(17,38)27(36)22(25(23)34)28(30)37/h4-8,15-17,23,32,34-35,38H,9-10H2,1-3H3,(H2,30,37). The molecule has 5 unspecified atom stereocenters. The van der Waals surface area contributed by atoms with Crippen molar-refractivity contribution >= 4 is 17.5 Å². The molecule has 0 saturated carbocycles. The maximum atomic E-state index is 14.0. The summed E-state index contributed by atoms with van der Waals surface area (Å²) in [6.45, 7) is 0. The van der Waals surface area contributed by atoms with Crippen molar-refractivity contribution in [3.05, 3.63) is 69.7 Å². The van der Waals surface area contributed by atoms with Crippen LogP contribution in [0.1, 0.15) is 33.8 Å². The molecule has 2 aromatic carbocycles. The number of amides is 1. The Bertz CT molecular complexity index is 1570. The van der Waals surface area contributed by atoms with Crippen LogP contribution >= 0.6 is 0 Å². The Labute approximate surface area is 223 Å². The Balaban J connectivity index is 1.62. The van der Waals surface area contributed by atoms with Crippen molar-refractivity contribution in [2.45, 2.75) is 30.4 Å². The Morgan fingerprint density at radius 1 is 1.08 bits per heavy atom. The summed E-state index contributed by atoms with van der Waals surface area (Å²) in [4.78, 5) is 41.2. The number of carbonyl (C=O) groups excluding carboxylic acids is 3. The van der Waals surface area contributed by atoms with Crippen LogP contribution in [0.15, 0.2) is 53.0 Å². The molecular formula is C29H28N2O8. The molecule has 202 valence electrons. The van der Waals surface area contributed by atoms with Crippen molar-refractivity contribution < 1.29 is 39.5 Å². The molecule has 6 N–H and O–H groups in total. The molecule has 5 atom stereocenters. The number of ketones is 2. The number of benzene rings is 2. The van der Waals surface area contributed by atoms with Gasteiger partial charge in [0.2, 0.25) is 5.78 Å². The van der Waals surface area contributed by atoms with Crippen LogP contribution in [0.2, 0.25) is 0 Å². The van der Waals surface area contributed by atoms with Crippen molar-refractivity contribution in [2.24, 2.45) is 17.6 Å². The number of nitrogens with two attached hydrogens (primary N) is 1. The van der Waals surface area contributed by atoms with Gasteiger partial charge in [-0.1, -0.05) is 12.1 Å². The van der Waals surface area contributed by atoms with Crippen LogP contribution in [0.25, 0.3) is 11.1 Å². The van der Waals surface area contributed by atoms with Gasteiger partial charge in [-0.05, 0) is 79.2 Å². The van der Waals surface area contributed by atoms with Crippen LogP contribution in [0.3, 0.4) is 0 Å². The maximum Gasteiger partial charge on any atom is 0.255 e. The van der Waals surface area contributed by atoms with Crippen LogP contribution < -0.4 is 10.5 Å². The summed E-state index contributed by atoms with van der Waals surface area (Å²) in [5.41, 5.74) is 5.00. The average Bonchev–Trinajstić information content (AvgIpc) is 2.88. The molecule has 0 spiro atoms. The normalized spacial score (nSPS) is 29.1. The molecule has 0 bridgehead atoms. The largest absolute Gasteiger partial charge is 0.510 e. The van der Waals surface area contributed by atoms with Gasteiger partial charge in [0, 0.05) is 11.5 Å². The summed E-state index contributed by atoms with van der Waals surface area (Å²) in [6.07, 6.45) is 0.468. The lowest BCUT2D eigenvalue weighted by atomic mass is 9.54. The molecule has 0 radical (unpaired) electrons. The first-order valence-corrected chi connectivity index (χ1v) is 12.6. The fourth-order valence-electron chi connectivity index (χ4n) is 7.29. The van der Waals surface area contributed by atoms with E-state index in [9.17, 15) is 34.8 Å². The minimum Gasteiger partial charge on any atom is -0.510 e. The zero-order valence-electron chi connectivity index (χ0n) is 21.6. The number of phenols is 1. The highest BCUT2D eigenvalue weighted by Gasteiger charge is 2.64. The Morgan fingerprint density at radius 2 is 1.77 bits per heavy atom. The first kappa shape index (κ1) is 25.1. The predicted octanol–water partition coefficient (Wildman–Crippen LogP) is 1.89. The number of nitrogens with zero attached hydrogens (tertiary/aromatic N) is 1. The number of primary amides is 1. The van der Waals surface area contributed by atoms with Gasteiger partial charge >= 0.3 is 0 Å². The van der Waals surface area contributed by atoms with Crippen molar-refractivity contribution in [1.29, 1.82) is 0 Å². The number of rotatable bonds is 3. The van der Waals surface area contributed by atoms with E-state index < -0.39 is 64.0 Å². The lowest BCUT2D eigenvalue weighted by Crippen LogP contribution is -2.64. The van der Waals surface area contributed by atoms with Gasteiger partial charge in [0.1, 0.15) is 28.6 Å². The van der Waals surface area contributed by atoms with E-state index in [4.69, 9.17) is 10.5 Å². The van der Waals surface area contributed by atoms with Crippen LogP contribution in [-0.2, 0) is 16.0 Å². The van der Waals surface area contributed by atoms with Gasteiger partial charge in [-0.3, -0.25) is 19.3 Å². The molecule has 39 heavy (non-hydrogen) atoms. The molecule has 6 rings (SSSR count). The zero-order chi connectivity index (χ0) is 28.1. The summed E-state index contributed by atoms with van der Waals surface area (Å²) >= 11 is 0. The number of ether oxygens (including phenoxy) is 1. The molecule has 1 amide bonds. The molecule has 10 nitrogen and oxygen atoms in total. The zero-order valence-corrected chi connectivity index (χ0v) is 21.6. The quantitative estimate of drug-likeness (QED) is 0.370. The van der Waals surface area contributed by atoms with Crippen LogP contribution in [0, 0.1) is 11.8 Å². The number of carbonyl (C=O) groups is 3. The van der Waals surface area contributed by atoms with E-state index >= 15 is 0 Å². The van der Waals surface area contributed by atoms with Crippen LogP contribution in [0.4, 0.5) is 0 Å². The highest BCUT2D eigenvalue weighted by Crippen LogP contribution is 2.59. The number of allylic oxidation sites excluding steroid dienone is 1. The number of hydrogen-bond donors (Lipinski definition) is 5. The molecule has 0 aromatic heterocycles. The molecule has 0 fully saturated rings. The van der Waals surface area contributed by atoms with Crippen molar-refractivity contribution in [1.82, 2.24) is 4.90 Å². The fraction of sp³-hybridized carbons (Fsp3) is 0.345. The van der Waals surface area contributed by atoms with E-state index in [1.165, 1.54) is 11.0 Å². The maximum absolute atomic E-state index is 14.0. The number of Topliss-reactive ketones (excluding diaryl/α,β-unsaturated/α-hetero) is 2. The lowest BCUT2D eigenvalue weighted by molar-refractivity contribution is -0.148. The summed E-state index contributed by atoms with van der Waals surface area (Å²) in [6, 6.07) is 7.76. The molecule has 2 aromatic rings. The lowest BCUT2D eigenvalue weighted by Gasteiger charge is -2.52. The second-order valence-corrected chi connectivity index (χ2v) is 10.9. The first-order valence-electron chi connectivity index (χ1n) is 12.6. The number of methoxy groups -OCH3 is 1. The minimum absolute atomic E-state index is 0.0137. The number of hydrogen-bond acceptors (Lipinski definition) is 9. The van der Waals surface area contributed by atoms with Crippen molar-refractivity contribution in [3.8, 4) is 22.6 Å². The summed E-state index contributed by atoms with van der Waals surface area (Å²) < 4.78 is 5.42. The third kappa shape index (κ3) is 3.06. The Kier molecular flexibility index (Phi) is 5.27. The summed E-state index contributed by atoms with van der Waals surface area (Å²) in [5.74, 6) is -6.43. The highest BCUT2D eigenvalue weighted by molar-refractivity contribution is 6.25. The van der Waals surface area contributed by atoms with Crippen LogP contribution in [0.5, 0.6) is 11.5 Å². The SMILES string of the molecule is COc1ccc2c(c1)CC1c3c-2ccc(O)c3C(=O)C2=C(O)C3(O)C(=O)C(C(N)=O)=C(O)C(N(C)C)C3CC21. The van der Waals surface area contributed by atoms with E-state index in [0.717, 1.165) is 16.7 Å². The number of aliphatic hydroxyl groups excluding tert-OH is 2. The van der Waals surface area contributed by atoms with Gasteiger partial charge in [0.15, 0.2) is 11.4 Å². The topological polar surface area (TPSA) is 171 Å². The highest BCUT2D eigenvalue weighted by atomic mass is 16.5. The molecule has 0 saturated heterocycles. The second kappa shape index (κ2) is 8.17. The second-order valence-electron chi connectivity index (χ2n) is 10.9. The monoisotopic (exact) mass is 532 g/mol. The molecule has 0 heterocycles. The van der Waals surface area contributed by atoms with Gasteiger partial charge in [0.05, 0.1) is 18.7 Å². The fourth-order valence-corrected chi connectivity index (χ4v) is 7.29. The average molecular weight is 533 g/mol. The molecule has 10 heteroatoms. The number of likely N-dealkylation sites (N-methyl/N-ethyl adjacent to an activating group) is 1. The molecule has 4 aliphatic rings. The smallest absolute Gasteiger partial charge is 0.255 e. The third-order valence-electron chi connectivity index (χ3n) is 8.92. The van der Waals surface area contributed by atoms with Gasteiger partial charge in [0.25, 0.3) is 5.91 Å². The van der Waals surface area contributed by atoms with Crippen LogP contribution in [-0.4, -0.2) is 75.6 Å². The Morgan fingerprint density at radius 3 is 2.41 bits per heavy atom. The van der Waals surface area contributed by atoms with E-state index in [-0.39, 0.29) is 23.3 Å². The molecule has 0 aliphatic heterocycles. The van der Waals surface area contributed by atoms with E-state index in [0.29, 0.717) is 17.7 Å². The molecule has 4 aliphatic carbocycles. The number of phenolic OH excluding ortho intramolecular Hbond substituents is 1. The molecular weight excluding hydrogens is 504 g/mol. The van der Waals surface area contributed by atoms with Gasteiger partial charge < -0.3 is 30.9 Å². The van der Waals surface area contributed by atoms with Gasteiger partial charge in [-0.15, -0.1) is 0 Å². The van der Waals surface area contributed by atoms with Gasteiger partial charge in [-0.25, -0.2) is 0 Å². The number of fused-ring (bicyclic) bond motifs is 5. The summed E-state index contributed by atoms with van der Waals surface area (Å²) in [7, 11) is 4.77. The minimum atomic E-state index is -2.67. The summed E-state index contributed by atoms with van der Waals surface area (Å²) in [5, 5.41) is 45.2. The third-order valence-corrected chi connectivity index (χ3v) is 8.92. The van der Waals surface area contributed by atoms with E-state index in [1.807, 2.05) is 18.2 Å². The van der Waals surface area contributed by atoms with Gasteiger partial charge in [-0.2, -0.15) is 0 Å². The van der Waals surface area contributed by atoms with E-state index in [1.54, 1.807) is 27.3 Å². The first-order chi connectivity index (χ1) is 18.4. The predicted molar refractivity (Wildman–Crippen MR) is 138 cm³/mol.